The van der Waals surface area contributed by atoms with E-state index < -0.39 is 11.9 Å². The van der Waals surface area contributed by atoms with Crippen molar-refractivity contribution in [2.45, 2.75) is 12.8 Å². The summed E-state index contributed by atoms with van der Waals surface area (Å²) in [6, 6.07) is 9.89. The molecule has 1 aliphatic heterocycles. The van der Waals surface area contributed by atoms with Gasteiger partial charge in [0.2, 0.25) is 5.75 Å². The Morgan fingerprint density at radius 1 is 1.15 bits per heavy atom. The highest BCUT2D eigenvalue weighted by Gasteiger charge is 2.21. The first-order chi connectivity index (χ1) is 12.5. The van der Waals surface area contributed by atoms with Gasteiger partial charge < -0.3 is 24.6 Å². The van der Waals surface area contributed by atoms with Crippen LogP contribution >= 0.6 is 0 Å². The number of hydrogen-bond acceptors (Lipinski definition) is 5. The van der Waals surface area contributed by atoms with E-state index in [-0.39, 0.29) is 5.91 Å². The summed E-state index contributed by atoms with van der Waals surface area (Å²) in [5.41, 5.74) is 1.59. The molecular weight excluding hydrogens is 338 g/mol. The molecule has 0 fully saturated rings. The third kappa shape index (κ3) is 3.56. The smallest absolute Gasteiger partial charge is 0.310 e. The van der Waals surface area contributed by atoms with Gasteiger partial charge in [0.05, 0.1) is 13.0 Å². The maximum atomic E-state index is 12.5. The van der Waals surface area contributed by atoms with Crippen molar-refractivity contribution in [1.29, 1.82) is 0 Å². The Labute approximate surface area is 150 Å². The molecule has 2 N–H and O–H groups in total. The first-order valence-electron chi connectivity index (χ1n) is 8.11. The van der Waals surface area contributed by atoms with Crippen LogP contribution in [0, 0.1) is 0 Å². The van der Waals surface area contributed by atoms with Crippen LogP contribution in [0.4, 0.5) is 5.69 Å². The van der Waals surface area contributed by atoms with Crippen molar-refractivity contribution in [1.82, 2.24) is 0 Å². The first-order valence-corrected chi connectivity index (χ1v) is 8.11. The van der Waals surface area contributed by atoms with Crippen LogP contribution in [0.1, 0.15) is 28.8 Å². The Balaban J connectivity index is 1.79. The summed E-state index contributed by atoms with van der Waals surface area (Å²) in [5, 5.41) is 11.8. The largest absolute Gasteiger partial charge is 0.493 e. The summed E-state index contributed by atoms with van der Waals surface area (Å²) in [4.78, 5) is 23.6. The number of nitrogens with one attached hydrogen (secondary N) is 1. The predicted molar refractivity (Wildman–Crippen MR) is 94.4 cm³/mol. The zero-order valence-electron chi connectivity index (χ0n) is 14.4. The maximum Gasteiger partial charge on any atom is 0.310 e. The molecule has 0 aliphatic carbocycles. The van der Waals surface area contributed by atoms with Crippen LogP contribution in [0.2, 0.25) is 0 Å². The highest BCUT2D eigenvalue weighted by molar-refractivity contribution is 6.05. The molecule has 3 rings (SSSR count). The van der Waals surface area contributed by atoms with Gasteiger partial charge in [-0.15, -0.1) is 0 Å². The molecule has 1 atom stereocenters. The Kier molecular flexibility index (Phi) is 4.97. The monoisotopic (exact) mass is 357 g/mol. The number of benzene rings is 2. The Bertz CT molecular complexity index is 813. The lowest BCUT2D eigenvalue weighted by Gasteiger charge is -2.21. The van der Waals surface area contributed by atoms with Gasteiger partial charge in [-0.3, -0.25) is 9.59 Å². The first kappa shape index (κ1) is 17.6. The fourth-order valence-corrected chi connectivity index (χ4v) is 2.61. The van der Waals surface area contributed by atoms with Crippen LogP contribution in [0.25, 0.3) is 0 Å². The number of carboxylic acids is 1. The number of hydrogen-bond donors (Lipinski definition) is 2. The fraction of sp³-hybridized carbons (Fsp3) is 0.263. The van der Waals surface area contributed by atoms with Crippen molar-refractivity contribution >= 4 is 17.6 Å². The third-order valence-corrected chi connectivity index (χ3v) is 4.13. The summed E-state index contributed by atoms with van der Waals surface area (Å²) in [7, 11) is 1.50. The van der Waals surface area contributed by atoms with E-state index in [1.165, 1.54) is 7.11 Å². The standard InChI is InChI=1S/C19H19NO6/c1-11(19(22)23)12-3-5-14(6-4-12)20-18(21)13-9-15(24-2)17-16(10-13)25-7-8-26-17/h3-6,9-11H,7-8H2,1-2H3,(H,20,21)(H,22,23). The number of ether oxygens (including phenoxy) is 3. The molecule has 0 aromatic heterocycles. The number of carbonyl (C=O) groups excluding carboxylic acids is 1. The lowest BCUT2D eigenvalue weighted by Crippen LogP contribution is -2.18. The molecule has 7 nitrogen and oxygen atoms in total. The topological polar surface area (TPSA) is 94.1 Å². The second-order valence-corrected chi connectivity index (χ2v) is 5.84. The molecular formula is C19H19NO6. The summed E-state index contributed by atoms with van der Waals surface area (Å²) in [6.45, 7) is 2.44. The van der Waals surface area contributed by atoms with Crippen LogP contribution in [0.15, 0.2) is 36.4 Å². The van der Waals surface area contributed by atoms with E-state index in [9.17, 15) is 9.59 Å². The predicted octanol–water partition coefficient (Wildman–Crippen LogP) is 2.91. The van der Waals surface area contributed by atoms with Gasteiger partial charge in [0.15, 0.2) is 11.5 Å². The van der Waals surface area contributed by atoms with E-state index in [0.717, 1.165) is 0 Å². The number of carboxylic acid groups (broad SMARTS) is 1. The van der Waals surface area contributed by atoms with Gasteiger partial charge in [0, 0.05) is 11.3 Å². The van der Waals surface area contributed by atoms with E-state index in [1.807, 2.05) is 0 Å². The van der Waals surface area contributed by atoms with Crippen LogP contribution in [-0.4, -0.2) is 37.3 Å². The van der Waals surface area contributed by atoms with E-state index in [1.54, 1.807) is 43.3 Å². The quantitative estimate of drug-likeness (QED) is 0.854. The van der Waals surface area contributed by atoms with Crippen molar-refractivity contribution in [2.75, 3.05) is 25.6 Å². The molecule has 0 spiro atoms. The van der Waals surface area contributed by atoms with Crippen LogP contribution in [-0.2, 0) is 4.79 Å². The van der Waals surface area contributed by atoms with Crippen molar-refractivity contribution < 1.29 is 28.9 Å². The second-order valence-electron chi connectivity index (χ2n) is 5.84. The van der Waals surface area contributed by atoms with Gasteiger partial charge in [-0.05, 0) is 36.8 Å². The molecule has 1 aliphatic rings. The van der Waals surface area contributed by atoms with Gasteiger partial charge in [0.25, 0.3) is 5.91 Å². The summed E-state index contributed by atoms with van der Waals surface area (Å²) >= 11 is 0. The third-order valence-electron chi connectivity index (χ3n) is 4.13. The average Bonchev–Trinajstić information content (AvgIpc) is 2.66. The van der Waals surface area contributed by atoms with Gasteiger partial charge in [0.1, 0.15) is 13.2 Å². The molecule has 0 radical (unpaired) electrons. The zero-order valence-corrected chi connectivity index (χ0v) is 14.4. The van der Waals surface area contributed by atoms with E-state index in [4.69, 9.17) is 19.3 Å². The maximum absolute atomic E-state index is 12.5. The Morgan fingerprint density at radius 3 is 2.50 bits per heavy atom. The number of fused-ring (bicyclic) bond motifs is 1. The second kappa shape index (κ2) is 7.35. The lowest BCUT2D eigenvalue weighted by atomic mass is 10.0. The molecule has 136 valence electrons. The molecule has 0 saturated carbocycles. The average molecular weight is 357 g/mol. The highest BCUT2D eigenvalue weighted by Crippen LogP contribution is 2.40. The van der Waals surface area contributed by atoms with E-state index in [2.05, 4.69) is 5.32 Å². The minimum atomic E-state index is -0.898. The van der Waals surface area contributed by atoms with Crippen molar-refractivity contribution in [3.63, 3.8) is 0 Å². The molecule has 1 amide bonds. The van der Waals surface area contributed by atoms with Gasteiger partial charge in [-0.2, -0.15) is 0 Å². The number of methoxy groups -OCH3 is 1. The summed E-state index contributed by atoms with van der Waals surface area (Å²) in [6.07, 6.45) is 0. The number of amides is 1. The van der Waals surface area contributed by atoms with Crippen molar-refractivity contribution in [3.05, 3.63) is 47.5 Å². The fourth-order valence-electron chi connectivity index (χ4n) is 2.61. The highest BCUT2D eigenvalue weighted by atomic mass is 16.6. The molecule has 1 heterocycles. The molecule has 0 saturated heterocycles. The molecule has 1 unspecified atom stereocenters. The molecule has 7 heteroatoms. The van der Waals surface area contributed by atoms with Gasteiger partial charge in [-0.1, -0.05) is 12.1 Å². The van der Waals surface area contributed by atoms with Crippen LogP contribution in [0.3, 0.4) is 0 Å². The van der Waals surface area contributed by atoms with Crippen molar-refractivity contribution in [2.24, 2.45) is 0 Å². The van der Waals surface area contributed by atoms with Crippen LogP contribution < -0.4 is 19.5 Å². The molecule has 0 bridgehead atoms. The number of aliphatic carboxylic acids is 1. The zero-order chi connectivity index (χ0) is 18.7. The number of rotatable bonds is 5. The van der Waals surface area contributed by atoms with E-state index in [0.29, 0.717) is 47.3 Å². The SMILES string of the molecule is COc1cc(C(=O)Nc2ccc(C(C)C(=O)O)cc2)cc2c1OCCO2. The summed E-state index contributed by atoms with van der Waals surface area (Å²) < 4.78 is 16.3. The number of anilines is 1. The lowest BCUT2D eigenvalue weighted by molar-refractivity contribution is -0.138. The molecule has 26 heavy (non-hydrogen) atoms. The van der Waals surface area contributed by atoms with Gasteiger partial charge >= 0.3 is 5.97 Å². The minimum Gasteiger partial charge on any atom is -0.493 e. The Morgan fingerprint density at radius 2 is 1.85 bits per heavy atom. The van der Waals surface area contributed by atoms with E-state index >= 15 is 0 Å². The van der Waals surface area contributed by atoms with Gasteiger partial charge in [-0.25, -0.2) is 0 Å². The minimum absolute atomic E-state index is 0.334. The molecule has 2 aromatic carbocycles. The Hall–Kier alpha value is -3.22. The summed E-state index contributed by atoms with van der Waals surface area (Å²) in [5.74, 6) is -0.460. The molecule has 2 aromatic rings. The number of carbonyl (C=O) groups is 2. The van der Waals surface area contributed by atoms with Crippen molar-refractivity contribution in [3.8, 4) is 17.2 Å². The van der Waals surface area contributed by atoms with Crippen LogP contribution in [0.5, 0.6) is 17.2 Å². The normalized spacial score (nSPS) is 13.6.